The minimum atomic E-state index is 0.879. The molecule has 12 heavy (non-hydrogen) atoms. The molecule has 0 spiro atoms. The summed E-state index contributed by atoms with van der Waals surface area (Å²) in [6.45, 7) is 3.03. The van der Waals surface area contributed by atoms with Gasteiger partial charge in [0.05, 0.1) is 6.54 Å². The van der Waals surface area contributed by atoms with Crippen LogP contribution in [-0.4, -0.2) is 33.2 Å². The molecule has 0 atom stereocenters. The molecule has 2 heterocycles. The molecule has 64 valence electrons. The van der Waals surface area contributed by atoms with Gasteiger partial charge >= 0.3 is 0 Å². The quantitative estimate of drug-likeness (QED) is 0.650. The Labute approximate surface area is 71.3 Å². The molecule has 0 fully saturated rings. The Morgan fingerprint density at radius 3 is 3.17 bits per heavy atom. The molecule has 4 heteroatoms. The molecule has 2 rings (SSSR count). The molecule has 1 aliphatic heterocycles. The summed E-state index contributed by atoms with van der Waals surface area (Å²) in [4.78, 5) is 6.41. The SMILES string of the molecule is C1=CCN(Cc2ncn[nH]2)CC1. The standard InChI is InChI=1S/C8H12N4/c1-2-4-12(5-3-1)6-8-9-7-10-11-8/h1-2,7H,3-6H2,(H,9,10,11). The second-order valence-electron chi connectivity index (χ2n) is 2.93. The third kappa shape index (κ3) is 1.71. The van der Waals surface area contributed by atoms with Crippen molar-refractivity contribution in [3.05, 3.63) is 24.3 Å². The van der Waals surface area contributed by atoms with E-state index in [0.29, 0.717) is 0 Å². The number of nitrogens with zero attached hydrogens (tertiary/aromatic N) is 3. The van der Waals surface area contributed by atoms with E-state index in [1.54, 1.807) is 6.33 Å². The number of aromatic nitrogens is 3. The molecule has 1 aliphatic rings. The summed E-state index contributed by atoms with van der Waals surface area (Å²) < 4.78 is 0. The molecule has 4 nitrogen and oxygen atoms in total. The molecular formula is C8H12N4. The van der Waals surface area contributed by atoms with Crippen LogP contribution in [0.5, 0.6) is 0 Å². The molecule has 0 aliphatic carbocycles. The van der Waals surface area contributed by atoms with Crippen LogP contribution in [0.15, 0.2) is 18.5 Å². The van der Waals surface area contributed by atoms with Gasteiger partial charge in [-0.05, 0) is 6.42 Å². The van der Waals surface area contributed by atoms with E-state index in [2.05, 4.69) is 32.2 Å². The van der Waals surface area contributed by atoms with Crippen LogP contribution < -0.4 is 0 Å². The molecule has 0 bridgehead atoms. The lowest BCUT2D eigenvalue weighted by Gasteiger charge is -2.21. The zero-order chi connectivity index (χ0) is 8.23. The van der Waals surface area contributed by atoms with Gasteiger partial charge < -0.3 is 0 Å². The molecular weight excluding hydrogens is 152 g/mol. The highest BCUT2D eigenvalue weighted by atomic mass is 15.2. The average Bonchev–Trinajstić information content (AvgIpc) is 2.59. The molecule has 1 aromatic rings. The summed E-state index contributed by atoms with van der Waals surface area (Å²) in [5.74, 6) is 0.949. The van der Waals surface area contributed by atoms with Gasteiger partial charge in [0.25, 0.3) is 0 Å². The maximum Gasteiger partial charge on any atom is 0.138 e. The minimum Gasteiger partial charge on any atom is -0.292 e. The smallest absolute Gasteiger partial charge is 0.138 e. The van der Waals surface area contributed by atoms with E-state index < -0.39 is 0 Å². The summed E-state index contributed by atoms with van der Waals surface area (Å²) in [6, 6.07) is 0. The van der Waals surface area contributed by atoms with Gasteiger partial charge in [-0.1, -0.05) is 12.2 Å². The summed E-state index contributed by atoms with van der Waals surface area (Å²) in [7, 11) is 0. The fourth-order valence-corrected chi connectivity index (χ4v) is 1.35. The van der Waals surface area contributed by atoms with Gasteiger partial charge in [-0.15, -0.1) is 0 Å². The van der Waals surface area contributed by atoms with Crippen LogP contribution in [0.25, 0.3) is 0 Å². The molecule has 0 aromatic carbocycles. The van der Waals surface area contributed by atoms with E-state index >= 15 is 0 Å². The maximum atomic E-state index is 4.08. The second kappa shape index (κ2) is 3.49. The summed E-state index contributed by atoms with van der Waals surface area (Å²) >= 11 is 0. The van der Waals surface area contributed by atoms with Crippen LogP contribution in [0.4, 0.5) is 0 Å². The van der Waals surface area contributed by atoms with E-state index in [4.69, 9.17) is 0 Å². The number of nitrogens with one attached hydrogen (secondary N) is 1. The van der Waals surface area contributed by atoms with Crippen molar-refractivity contribution in [3.8, 4) is 0 Å². The summed E-state index contributed by atoms with van der Waals surface area (Å²) in [5, 5.41) is 6.66. The maximum absolute atomic E-state index is 4.08. The van der Waals surface area contributed by atoms with Crippen LogP contribution in [0.3, 0.4) is 0 Å². The van der Waals surface area contributed by atoms with Crippen LogP contribution in [0.2, 0.25) is 0 Å². The fourth-order valence-electron chi connectivity index (χ4n) is 1.35. The number of aromatic amines is 1. The monoisotopic (exact) mass is 164 g/mol. The first-order valence-corrected chi connectivity index (χ1v) is 4.17. The molecule has 1 aromatic heterocycles. The largest absolute Gasteiger partial charge is 0.292 e. The lowest BCUT2D eigenvalue weighted by atomic mass is 10.2. The Bertz CT molecular complexity index is 252. The van der Waals surface area contributed by atoms with Crippen LogP contribution in [0.1, 0.15) is 12.2 Å². The van der Waals surface area contributed by atoms with Crippen molar-refractivity contribution in [2.45, 2.75) is 13.0 Å². The van der Waals surface area contributed by atoms with Crippen LogP contribution >= 0.6 is 0 Å². The first kappa shape index (κ1) is 7.49. The first-order valence-electron chi connectivity index (χ1n) is 4.17. The zero-order valence-electron chi connectivity index (χ0n) is 6.90. The molecule has 1 N–H and O–H groups in total. The molecule has 0 radical (unpaired) electrons. The highest BCUT2D eigenvalue weighted by Gasteiger charge is 2.07. The summed E-state index contributed by atoms with van der Waals surface area (Å²) in [6.07, 6.45) is 7.11. The van der Waals surface area contributed by atoms with Crippen molar-refractivity contribution < 1.29 is 0 Å². The van der Waals surface area contributed by atoms with Crippen molar-refractivity contribution >= 4 is 0 Å². The van der Waals surface area contributed by atoms with Gasteiger partial charge in [0.15, 0.2) is 0 Å². The molecule has 0 saturated heterocycles. The normalized spacial score (nSPS) is 18.3. The fraction of sp³-hybridized carbons (Fsp3) is 0.500. The Hall–Kier alpha value is -1.16. The van der Waals surface area contributed by atoms with Crippen molar-refractivity contribution in [2.24, 2.45) is 0 Å². The Balaban J connectivity index is 1.91. The lowest BCUT2D eigenvalue weighted by Crippen LogP contribution is -2.27. The predicted octanol–water partition coefficient (Wildman–Crippen LogP) is 0.567. The highest BCUT2D eigenvalue weighted by Crippen LogP contribution is 2.03. The van der Waals surface area contributed by atoms with E-state index in [-0.39, 0.29) is 0 Å². The van der Waals surface area contributed by atoms with Gasteiger partial charge in [0.1, 0.15) is 12.2 Å². The third-order valence-electron chi connectivity index (χ3n) is 1.98. The van der Waals surface area contributed by atoms with Crippen molar-refractivity contribution in [1.82, 2.24) is 20.1 Å². The number of H-pyrrole nitrogens is 1. The zero-order valence-corrected chi connectivity index (χ0v) is 6.90. The molecule has 0 saturated carbocycles. The third-order valence-corrected chi connectivity index (χ3v) is 1.98. The van der Waals surface area contributed by atoms with E-state index in [1.807, 2.05) is 0 Å². The Kier molecular flexibility index (Phi) is 2.18. The van der Waals surface area contributed by atoms with Gasteiger partial charge in [-0.3, -0.25) is 10.00 Å². The lowest BCUT2D eigenvalue weighted by molar-refractivity contribution is 0.284. The van der Waals surface area contributed by atoms with E-state index in [1.165, 1.54) is 0 Å². The van der Waals surface area contributed by atoms with E-state index in [9.17, 15) is 0 Å². The van der Waals surface area contributed by atoms with Gasteiger partial charge in [-0.25, -0.2) is 4.98 Å². The van der Waals surface area contributed by atoms with Crippen molar-refractivity contribution in [2.75, 3.05) is 13.1 Å². The number of hydrogen-bond donors (Lipinski definition) is 1. The predicted molar refractivity (Wildman–Crippen MR) is 45.4 cm³/mol. The van der Waals surface area contributed by atoms with Crippen LogP contribution in [-0.2, 0) is 6.54 Å². The van der Waals surface area contributed by atoms with Gasteiger partial charge in [0, 0.05) is 13.1 Å². The van der Waals surface area contributed by atoms with Crippen molar-refractivity contribution in [1.29, 1.82) is 0 Å². The highest BCUT2D eigenvalue weighted by molar-refractivity contribution is 4.92. The van der Waals surface area contributed by atoms with Gasteiger partial charge in [-0.2, -0.15) is 5.10 Å². The number of hydrogen-bond acceptors (Lipinski definition) is 3. The topological polar surface area (TPSA) is 44.8 Å². The average molecular weight is 164 g/mol. The second-order valence-corrected chi connectivity index (χ2v) is 2.93. The van der Waals surface area contributed by atoms with E-state index in [0.717, 1.165) is 31.9 Å². The molecule has 0 unspecified atom stereocenters. The molecule has 0 amide bonds. The first-order chi connectivity index (χ1) is 5.95. The van der Waals surface area contributed by atoms with Crippen molar-refractivity contribution in [3.63, 3.8) is 0 Å². The number of rotatable bonds is 2. The van der Waals surface area contributed by atoms with Crippen LogP contribution in [0, 0.1) is 0 Å². The van der Waals surface area contributed by atoms with Gasteiger partial charge in [0.2, 0.25) is 0 Å². The Morgan fingerprint density at radius 1 is 1.50 bits per heavy atom. The minimum absolute atomic E-state index is 0.879. The Morgan fingerprint density at radius 2 is 2.50 bits per heavy atom. The summed E-state index contributed by atoms with van der Waals surface area (Å²) in [5.41, 5.74) is 0.